The van der Waals surface area contributed by atoms with Crippen LogP contribution in [-0.4, -0.2) is 32.4 Å². The Morgan fingerprint density at radius 3 is 0.696 bits per heavy atom. The molecule has 0 bridgehead atoms. The Morgan fingerprint density at radius 1 is 0.228 bits per heavy atom. The van der Waals surface area contributed by atoms with Gasteiger partial charge in [0.05, 0.1) is 96.5 Å². The van der Waals surface area contributed by atoms with E-state index in [0.29, 0.717) is 5.69 Å². The van der Waals surface area contributed by atoms with Gasteiger partial charge in [-0.15, -0.1) is 0 Å². The molecule has 8 heteroatoms. The Labute approximate surface area is 526 Å². The lowest BCUT2D eigenvalue weighted by atomic mass is 10.0. The minimum absolute atomic E-state index is 0.568. The molecule has 0 aliphatic rings. The fourth-order valence-electron chi connectivity index (χ4n) is 15.6. The molecule has 7 heterocycles. The molecule has 0 fully saturated rings. The summed E-state index contributed by atoms with van der Waals surface area (Å²) >= 11 is 0. The van der Waals surface area contributed by atoms with Gasteiger partial charge in [0, 0.05) is 92.9 Å². The molecule has 0 aliphatic heterocycles. The number of para-hydroxylation sites is 8. The van der Waals surface area contributed by atoms with E-state index in [2.05, 4.69) is 324 Å². The van der Waals surface area contributed by atoms with Crippen LogP contribution in [0.5, 0.6) is 0 Å². The van der Waals surface area contributed by atoms with Crippen molar-refractivity contribution in [2.75, 3.05) is 0 Å². The first-order chi connectivity index (χ1) is 45.6. The van der Waals surface area contributed by atoms with Crippen LogP contribution in [0.25, 0.3) is 181 Å². The number of hydrogen-bond acceptors (Lipinski definition) is 1. The van der Waals surface area contributed by atoms with Gasteiger partial charge in [-0.2, -0.15) is 0 Å². The van der Waals surface area contributed by atoms with E-state index in [9.17, 15) is 0 Å². The van der Waals surface area contributed by atoms with E-state index < -0.39 is 0 Å². The molecule has 13 aromatic carbocycles. The first-order valence-corrected chi connectivity index (χ1v) is 31.2. The molecule has 20 aromatic rings. The fraction of sp³-hybridized carbons (Fsp3) is 0. The highest BCUT2D eigenvalue weighted by Crippen LogP contribution is 2.46. The summed E-state index contributed by atoms with van der Waals surface area (Å²) in [5, 5.41) is 14.1. The van der Waals surface area contributed by atoms with Crippen LogP contribution in [0.2, 0.25) is 0 Å². The molecule has 92 heavy (non-hydrogen) atoms. The quantitative estimate of drug-likeness (QED) is 0.147. The molecule has 0 radical (unpaired) electrons. The second-order valence-electron chi connectivity index (χ2n) is 24.2. The zero-order chi connectivity index (χ0) is 60.3. The maximum absolute atomic E-state index is 8.21. The number of nitrogens with zero attached hydrogens (tertiary/aromatic N) is 8. The van der Waals surface area contributed by atoms with Gasteiger partial charge < -0.3 is 27.4 Å². The molecule has 0 aliphatic carbocycles. The summed E-state index contributed by atoms with van der Waals surface area (Å²) < 4.78 is 14.6. The minimum Gasteiger partial charge on any atom is -0.309 e. The summed E-state index contributed by atoms with van der Waals surface area (Å²) in [6.07, 6.45) is 4.11. The van der Waals surface area contributed by atoms with Crippen LogP contribution in [0.4, 0.5) is 5.69 Å². The van der Waals surface area contributed by atoms with Gasteiger partial charge in [0.2, 0.25) is 0 Å². The summed E-state index contributed by atoms with van der Waals surface area (Å²) in [5.74, 6) is 0. The van der Waals surface area contributed by atoms with Gasteiger partial charge in [-0.25, -0.2) is 4.85 Å². The molecular weight excluding hydrogens is 1120 g/mol. The Morgan fingerprint density at radius 2 is 0.457 bits per heavy atom. The third-order valence-corrected chi connectivity index (χ3v) is 19.5. The van der Waals surface area contributed by atoms with Crippen LogP contribution < -0.4 is 0 Å². The van der Waals surface area contributed by atoms with Gasteiger partial charge in [0.1, 0.15) is 0 Å². The van der Waals surface area contributed by atoms with Crippen molar-refractivity contribution >= 4 is 137 Å². The predicted molar refractivity (Wildman–Crippen MR) is 382 cm³/mol. The first kappa shape index (κ1) is 50.3. The summed E-state index contributed by atoms with van der Waals surface area (Å²) in [5.41, 5.74) is 21.7. The number of aromatic nitrogens is 7. The summed E-state index contributed by atoms with van der Waals surface area (Å²) in [7, 11) is 0. The monoisotopic (exact) mass is 1170 g/mol. The molecule has 8 nitrogen and oxygen atoms in total. The van der Waals surface area contributed by atoms with Crippen LogP contribution in [0.1, 0.15) is 0 Å². The molecule has 0 N–H and O–H groups in total. The first-order valence-electron chi connectivity index (χ1n) is 31.2. The number of hydrogen-bond donors (Lipinski definition) is 0. The van der Waals surface area contributed by atoms with Gasteiger partial charge in [-0.1, -0.05) is 194 Å². The molecule has 20 rings (SSSR count). The normalized spacial score (nSPS) is 12.1. The van der Waals surface area contributed by atoms with E-state index in [4.69, 9.17) is 11.6 Å². The lowest BCUT2D eigenvalue weighted by Gasteiger charge is -2.20. The lowest BCUT2D eigenvalue weighted by molar-refractivity contribution is 1.08. The summed E-state index contributed by atoms with van der Waals surface area (Å²) in [4.78, 5) is 9.39. The fourth-order valence-corrected chi connectivity index (χ4v) is 15.6. The third-order valence-electron chi connectivity index (χ3n) is 19.5. The Balaban J connectivity index is 0.931. The zero-order valence-electron chi connectivity index (χ0n) is 49.4. The minimum atomic E-state index is 0.568. The smallest absolute Gasteiger partial charge is 0.187 e. The van der Waals surface area contributed by atoms with Crippen LogP contribution in [0.15, 0.2) is 304 Å². The second-order valence-corrected chi connectivity index (χ2v) is 24.2. The Kier molecular flexibility index (Phi) is 10.5. The topological polar surface area (TPSA) is 46.8 Å². The molecule has 0 saturated carbocycles. The van der Waals surface area contributed by atoms with Crippen LogP contribution in [-0.2, 0) is 0 Å². The van der Waals surface area contributed by atoms with Crippen molar-refractivity contribution in [3.8, 4) is 45.3 Å². The number of benzene rings is 13. The van der Waals surface area contributed by atoms with E-state index >= 15 is 0 Å². The Bertz CT molecular complexity index is 5660. The van der Waals surface area contributed by atoms with Crippen LogP contribution in [0.3, 0.4) is 0 Å². The van der Waals surface area contributed by atoms with Crippen molar-refractivity contribution in [3.05, 3.63) is 315 Å². The highest BCUT2D eigenvalue weighted by atomic mass is 15.1. The van der Waals surface area contributed by atoms with Crippen molar-refractivity contribution < 1.29 is 0 Å². The number of rotatable bonds is 7. The molecular formula is C84H50N8. The zero-order valence-corrected chi connectivity index (χ0v) is 49.4. The average Bonchev–Trinajstić information content (AvgIpc) is 1.55. The van der Waals surface area contributed by atoms with Crippen molar-refractivity contribution in [2.45, 2.75) is 0 Å². The third kappa shape index (κ3) is 7.01. The van der Waals surface area contributed by atoms with Crippen LogP contribution >= 0.6 is 0 Å². The van der Waals surface area contributed by atoms with Crippen molar-refractivity contribution in [2.24, 2.45) is 0 Å². The standard InChI is InChI=1S/C84H50N8/c1-85-53-36-34-52(35-37-53)84-82(91-78-46-54(87-70-26-10-2-18-58(70)59-19-3-11-27-71(59)87)38-42-66(78)67-43-39-55(47-79(67)91)88-72-28-12-4-20-60(72)61-21-5-13-29-73(61)88)50-86-51-83(84)92-80-48-56(89-74-30-14-6-22-62(74)63-23-7-15-31-75(63)89)40-44-68(80)69-45-41-57(49-81(69)92)90-76-32-16-8-24-64(76)65-25-9-17-33-77(65)90/h2-51H. The second kappa shape index (κ2) is 19.2. The maximum Gasteiger partial charge on any atom is 0.187 e. The van der Waals surface area contributed by atoms with Crippen molar-refractivity contribution in [3.63, 3.8) is 0 Å². The largest absolute Gasteiger partial charge is 0.309 e. The molecule has 0 amide bonds. The highest BCUT2D eigenvalue weighted by Gasteiger charge is 2.26. The van der Waals surface area contributed by atoms with Gasteiger partial charge in [0.25, 0.3) is 0 Å². The molecule has 0 unspecified atom stereocenters. The molecule has 0 atom stereocenters. The maximum atomic E-state index is 8.21. The van der Waals surface area contributed by atoms with E-state index in [1.165, 1.54) is 43.1 Å². The van der Waals surface area contributed by atoms with E-state index in [-0.39, 0.29) is 0 Å². The molecule has 426 valence electrons. The SMILES string of the molecule is [C-]#[N+]c1ccc(-c2c(-n3c4cc(-n5c6ccccc6c6ccccc65)ccc4c4ccc(-n5c6ccccc6c6ccccc65)cc43)cncc2-n2c3cc(-n4c5ccccc5c5ccccc54)ccc3c3ccc(-n4c5ccccc5c5ccccc54)cc32)cc1. The van der Waals surface area contributed by atoms with Crippen LogP contribution in [0, 0.1) is 6.57 Å². The van der Waals surface area contributed by atoms with Crippen molar-refractivity contribution in [1.29, 1.82) is 0 Å². The average molecular weight is 1170 g/mol. The number of fused-ring (bicyclic) bond motifs is 18. The molecule has 7 aromatic heterocycles. The van der Waals surface area contributed by atoms with E-state index in [1.54, 1.807) is 0 Å². The van der Waals surface area contributed by atoms with E-state index in [1.807, 2.05) is 12.1 Å². The predicted octanol–water partition coefficient (Wildman–Crippen LogP) is 21.9. The lowest BCUT2D eigenvalue weighted by Crippen LogP contribution is -2.06. The van der Waals surface area contributed by atoms with E-state index in [0.717, 1.165) is 133 Å². The Hall–Kier alpha value is -12.7. The molecule has 0 spiro atoms. The van der Waals surface area contributed by atoms with Gasteiger partial charge >= 0.3 is 0 Å². The van der Waals surface area contributed by atoms with Gasteiger partial charge in [-0.05, 0) is 103 Å². The highest BCUT2D eigenvalue weighted by molar-refractivity contribution is 6.17. The van der Waals surface area contributed by atoms with Gasteiger partial charge in [0.15, 0.2) is 5.69 Å². The number of pyridine rings is 1. The summed E-state index contributed by atoms with van der Waals surface area (Å²) in [6.45, 7) is 8.21. The van der Waals surface area contributed by atoms with Crippen molar-refractivity contribution in [1.82, 2.24) is 32.4 Å². The van der Waals surface area contributed by atoms with Gasteiger partial charge in [-0.3, -0.25) is 4.98 Å². The molecule has 0 saturated heterocycles. The summed E-state index contributed by atoms with van der Waals surface area (Å²) in [6, 6.07) is 106.